The van der Waals surface area contributed by atoms with Gasteiger partial charge in [-0.15, -0.1) is 12.4 Å². The molecular formula is C14H22ClN3O2. The lowest BCUT2D eigenvalue weighted by molar-refractivity contribution is -0.384. The first-order valence-corrected chi connectivity index (χ1v) is 6.73. The van der Waals surface area contributed by atoms with Gasteiger partial charge >= 0.3 is 0 Å². The second-order valence-electron chi connectivity index (χ2n) is 5.23. The average Bonchev–Trinajstić information content (AvgIpc) is 2.41. The van der Waals surface area contributed by atoms with Gasteiger partial charge in [0.15, 0.2) is 0 Å². The van der Waals surface area contributed by atoms with Gasteiger partial charge in [0.05, 0.1) is 4.92 Å². The Bertz CT molecular complexity index is 468. The molecule has 0 amide bonds. The summed E-state index contributed by atoms with van der Waals surface area (Å²) in [6.45, 7) is 4.98. The molecule has 0 aromatic heterocycles. The minimum absolute atomic E-state index is 0. The van der Waals surface area contributed by atoms with Crippen LogP contribution < -0.4 is 5.32 Å². The summed E-state index contributed by atoms with van der Waals surface area (Å²) in [6, 6.07) is 5.71. The molecule has 1 fully saturated rings. The van der Waals surface area contributed by atoms with E-state index in [2.05, 4.69) is 10.2 Å². The molecular weight excluding hydrogens is 278 g/mol. The Morgan fingerprint density at radius 3 is 2.85 bits per heavy atom. The molecule has 0 radical (unpaired) electrons. The summed E-state index contributed by atoms with van der Waals surface area (Å²) in [5, 5.41) is 14.1. The Hall–Kier alpha value is -1.17. The van der Waals surface area contributed by atoms with Gasteiger partial charge in [-0.3, -0.25) is 15.0 Å². The van der Waals surface area contributed by atoms with Gasteiger partial charge in [-0.05, 0) is 44.5 Å². The van der Waals surface area contributed by atoms with Crippen molar-refractivity contribution < 1.29 is 4.92 Å². The number of aryl methyl sites for hydroxylation is 1. The van der Waals surface area contributed by atoms with Crippen LogP contribution in [0.15, 0.2) is 18.2 Å². The van der Waals surface area contributed by atoms with E-state index in [9.17, 15) is 10.1 Å². The van der Waals surface area contributed by atoms with Gasteiger partial charge in [0, 0.05) is 31.3 Å². The van der Waals surface area contributed by atoms with E-state index in [-0.39, 0.29) is 23.0 Å². The van der Waals surface area contributed by atoms with E-state index in [0.29, 0.717) is 6.04 Å². The molecule has 0 saturated carbocycles. The average molecular weight is 300 g/mol. The summed E-state index contributed by atoms with van der Waals surface area (Å²) in [4.78, 5) is 12.8. The number of hydrogen-bond donors (Lipinski definition) is 1. The van der Waals surface area contributed by atoms with Gasteiger partial charge in [-0.25, -0.2) is 0 Å². The van der Waals surface area contributed by atoms with Crippen LogP contribution in [0.1, 0.15) is 24.0 Å². The van der Waals surface area contributed by atoms with Crippen LogP contribution in [-0.4, -0.2) is 36.0 Å². The molecule has 0 bridgehead atoms. The highest BCUT2D eigenvalue weighted by Gasteiger charge is 2.19. The largest absolute Gasteiger partial charge is 0.316 e. The topological polar surface area (TPSA) is 58.4 Å². The monoisotopic (exact) mass is 299 g/mol. The maximum Gasteiger partial charge on any atom is 0.269 e. The molecule has 20 heavy (non-hydrogen) atoms. The van der Waals surface area contributed by atoms with Gasteiger partial charge in [0.2, 0.25) is 0 Å². The van der Waals surface area contributed by atoms with Crippen molar-refractivity contribution in [1.82, 2.24) is 10.2 Å². The van der Waals surface area contributed by atoms with Gasteiger partial charge in [-0.1, -0.05) is 6.07 Å². The molecule has 1 atom stereocenters. The molecule has 1 N–H and O–H groups in total. The minimum Gasteiger partial charge on any atom is -0.316 e. The fourth-order valence-corrected chi connectivity index (χ4v) is 2.65. The molecule has 1 aliphatic heterocycles. The zero-order valence-electron chi connectivity index (χ0n) is 12.0. The van der Waals surface area contributed by atoms with Gasteiger partial charge < -0.3 is 5.32 Å². The summed E-state index contributed by atoms with van der Waals surface area (Å²) >= 11 is 0. The maximum absolute atomic E-state index is 10.7. The highest BCUT2D eigenvalue weighted by molar-refractivity contribution is 5.85. The SMILES string of the molecule is CNC1CCCN(Cc2ccc([N+](=O)[O-])cc2C)C1.Cl. The predicted octanol–water partition coefficient (Wildman–Crippen LogP) is 2.51. The lowest BCUT2D eigenvalue weighted by Crippen LogP contribution is -2.43. The van der Waals surface area contributed by atoms with Crippen molar-refractivity contribution in [3.63, 3.8) is 0 Å². The minimum atomic E-state index is -0.339. The van der Waals surface area contributed by atoms with E-state index in [1.54, 1.807) is 12.1 Å². The van der Waals surface area contributed by atoms with E-state index < -0.39 is 0 Å². The van der Waals surface area contributed by atoms with E-state index in [4.69, 9.17) is 0 Å². The summed E-state index contributed by atoms with van der Waals surface area (Å²) in [6.07, 6.45) is 2.43. The lowest BCUT2D eigenvalue weighted by Gasteiger charge is -2.32. The van der Waals surface area contributed by atoms with Gasteiger partial charge in [0.25, 0.3) is 5.69 Å². The fourth-order valence-electron chi connectivity index (χ4n) is 2.65. The molecule has 1 aromatic carbocycles. The summed E-state index contributed by atoms with van der Waals surface area (Å²) < 4.78 is 0. The fraction of sp³-hybridized carbons (Fsp3) is 0.571. The standard InChI is InChI=1S/C14H21N3O2.ClH/c1-11-8-14(17(18)19)6-5-12(11)9-16-7-3-4-13(10-16)15-2;/h5-6,8,13,15H,3-4,7,9-10H2,1-2H3;1H. The van der Waals surface area contributed by atoms with Crippen LogP contribution >= 0.6 is 12.4 Å². The van der Waals surface area contributed by atoms with Crippen molar-refractivity contribution in [2.75, 3.05) is 20.1 Å². The number of hydrogen-bond acceptors (Lipinski definition) is 4. The second-order valence-corrected chi connectivity index (χ2v) is 5.23. The Kier molecular flexibility index (Phi) is 6.39. The van der Waals surface area contributed by atoms with Crippen molar-refractivity contribution in [3.8, 4) is 0 Å². The number of nitrogens with zero attached hydrogens (tertiary/aromatic N) is 2. The number of nitrogens with one attached hydrogen (secondary N) is 1. The molecule has 1 aromatic rings. The third-order valence-corrected chi connectivity index (χ3v) is 3.84. The molecule has 1 heterocycles. The number of nitro groups is 1. The molecule has 5 nitrogen and oxygen atoms in total. The summed E-state index contributed by atoms with van der Waals surface area (Å²) in [7, 11) is 2.01. The molecule has 112 valence electrons. The van der Waals surface area contributed by atoms with E-state index in [1.807, 2.05) is 20.0 Å². The molecule has 1 aliphatic rings. The zero-order chi connectivity index (χ0) is 13.8. The van der Waals surface area contributed by atoms with Crippen LogP contribution in [0.2, 0.25) is 0 Å². The first-order chi connectivity index (χ1) is 9.10. The van der Waals surface area contributed by atoms with Crippen molar-refractivity contribution >= 4 is 18.1 Å². The second kappa shape index (κ2) is 7.57. The first-order valence-electron chi connectivity index (χ1n) is 6.73. The van der Waals surface area contributed by atoms with Crippen LogP contribution in [0.4, 0.5) is 5.69 Å². The molecule has 6 heteroatoms. The highest BCUT2D eigenvalue weighted by atomic mass is 35.5. The third kappa shape index (κ3) is 4.16. The van der Waals surface area contributed by atoms with Crippen LogP contribution in [0, 0.1) is 17.0 Å². The van der Waals surface area contributed by atoms with Crippen molar-refractivity contribution in [2.45, 2.75) is 32.4 Å². The van der Waals surface area contributed by atoms with Gasteiger partial charge in [-0.2, -0.15) is 0 Å². The number of likely N-dealkylation sites (tertiary alicyclic amines) is 1. The van der Waals surface area contributed by atoms with Crippen LogP contribution in [0.3, 0.4) is 0 Å². The highest BCUT2D eigenvalue weighted by Crippen LogP contribution is 2.20. The molecule has 0 spiro atoms. The number of piperidine rings is 1. The molecule has 1 saturated heterocycles. The van der Waals surface area contributed by atoms with Crippen LogP contribution in [0.5, 0.6) is 0 Å². The van der Waals surface area contributed by atoms with Crippen molar-refractivity contribution in [3.05, 3.63) is 39.4 Å². The summed E-state index contributed by atoms with van der Waals surface area (Å²) in [5.41, 5.74) is 2.36. The number of nitro benzene ring substituents is 1. The Morgan fingerprint density at radius 2 is 2.25 bits per heavy atom. The molecule has 2 rings (SSSR count). The number of likely N-dealkylation sites (N-methyl/N-ethyl adjacent to an activating group) is 1. The van der Waals surface area contributed by atoms with Crippen molar-refractivity contribution in [2.24, 2.45) is 0 Å². The Labute approximate surface area is 125 Å². The first kappa shape index (κ1) is 16.9. The van der Waals surface area contributed by atoms with Crippen molar-refractivity contribution in [1.29, 1.82) is 0 Å². The number of rotatable bonds is 4. The van der Waals surface area contributed by atoms with E-state index >= 15 is 0 Å². The third-order valence-electron chi connectivity index (χ3n) is 3.84. The quantitative estimate of drug-likeness (QED) is 0.685. The predicted molar refractivity (Wildman–Crippen MR) is 82.4 cm³/mol. The lowest BCUT2D eigenvalue weighted by atomic mass is 10.0. The number of benzene rings is 1. The number of non-ortho nitro benzene ring substituents is 1. The maximum atomic E-state index is 10.7. The Morgan fingerprint density at radius 1 is 1.50 bits per heavy atom. The molecule has 0 aliphatic carbocycles. The zero-order valence-corrected chi connectivity index (χ0v) is 12.8. The Balaban J connectivity index is 0.00000200. The van der Waals surface area contributed by atoms with Crippen LogP contribution in [-0.2, 0) is 6.54 Å². The number of halogens is 1. The van der Waals surface area contributed by atoms with Crippen LogP contribution in [0.25, 0.3) is 0 Å². The smallest absolute Gasteiger partial charge is 0.269 e. The van der Waals surface area contributed by atoms with Gasteiger partial charge in [0.1, 0.15) is 0 Å². The molecule has 1 unspecified atom stereocenters. The van der Waals surface area contributed by atoms with E-state index in [1.165, 1.54) is 18.4 Å². The summed E-state index contributed by atoms with van der Waals surface area (Å²) in [5.74, 6) is 0. The van der Waals surface area contributed by atoms with E-state index in [0.717, 1.165) is 25.2 Å². The normalized spacial score (nSPS) is 19.4.